The average molecular weight is 397 g/mol. The Kier molecular flexibility index (Phi) is 5.63. The molecule has 0 unspecified atom stereocenters. The summed E-state index contributed by atoms with van der Waals surface area (Å²) in [7, 11) is 1.51. The number of H-pyrrole nitrogens is 1. The lowest BCUT2D eigenvalue weighted by atomic mass is 10.0. The van der Waals surface area contributed by atoms with E-state index in [0.717, 1.165) is 0 Å². The van der Waals surface area contributed by atoms with Gasteiger partial charge in [-0.15, -0.1) is 0 Å². The summed E-state index contributed by atoms with van der Waals surface area (Å²) in [5, 5.41) is 0.663. The monoisotopic (exact) mass is 397 g/mol. The van der Waals surface area contributed by atoms with E-state index in [1.165, 1.54) is 36.2 Å². The number of hydrogen-bond donors (Lipinski definition) is 1. The number of alkyl halides is 1. The van der Waals surface area contributed by atoms with Crippen molar-refractivity contribution in [2.24, 2.45) is 7.05 Å². The lowest BCUT2D eigenvalue weighted by Crippen LogP contribution is -2.32. The highest BCUT2D eigenvalue weighted by molar-refractivity contribution is 5.82. The first-order chi connectivity index (χ1) is 13.9. The topological polar surface area (TPSA) is 90.1 Å². The van der Waals surface area contributed by atoms with Crippen molar-refractivity contribution in [3.63, 3.8) is 0 Å². The van der Waals surface area contributed by atoms with E-state index in [-0.39, 0.29) is 17.2 Å². The molecule has 0 fully saturated rings. The van der Waals surface area contributed by atoms with Crippen molar-refractivity contribution in [1.29, 1.82) is 0 Å². The number of rotatable bonds is 6. The molecule has 0 saturated heterocycles. The fourth-order valence-electron chi connectivity index (χ4n) is 3.03. The van der Waals surface area contributed by atoms with E-state index in [1.54, 1.807) is 26.0 Å². The van der Waals surface area contributed by atoms with Gasteiger partial charge in [-0.05, 0) is 49.3 Å². The molecule has 0 amide bonds. The third-order valence-electron chi connectivity index (χ3n) is 4.61. The molecule has 0 aliphatic heterocycles. The smallest absolute Gasteiger partial charge is 0.328 e. The van der Waals surface area contributed by atoms with Crippen LogP contribution in [0.4, 0.5) is 4.39 Å². The maximum atomic E-state index is 13.9. The van der Waals surface area contributed by atoms with E-state index in [4.69, 9.17) is 9.15 Å². The summed E-state index contributed by atoms with van der Waals surface area (Å²) >= 11 is 0. The highest BCUT2D eigenvalue weighted by Gasteiger charge is 2.15. The first-order valence-corrected chi connectivity index (χ1v) is 8.77. The Hall–Kier alpha value is -3.68. The van der Waals surface area contributed by atoms with Crippen LogP contribution in [0.3, 0.4) is 0 Å². The van der Waals surface area contributed by atoms with Crippen LogP contribution >= 0.6 is 0 Å². The summed E-state index contributed by atoms with van der Waals surface area (Å²) in [6.45, 7) is 6.09. The largest absolute Gasteiger partial charge is 0.464 e. The summed E-state index contributed by atoms with van der Waals surface area (Å²) in [5.41, 5.74) is 0.853. The molecule has 1 N–H and O–H groups in total. The molecular formula is C21H20FN3O4. The van der Waals surface area contributed by atoms with Crippen molar-refractivity contribution < 1.29 is 13.5 Å². The zero-order chi connectivity index (χ0) is 21.1. The van der Waals surface area contributed by atoms with Gasteiger partial charge in [-0.3, -0.25) is 14.3 Å². The fourth-order valence-corrected chi connectivity index (χ4v) is 3.03. The second-order valence-corrected chi connectivity index (χ2v) is 6.38. The van der Waals surface area contributed by atoms with Crippen molar-refractivity contribution in [1.82, 2.24) is 14.5 Å². The number of hydrogen-bond acceptors (Lipinski definition) is 5. The van der Waals surface area contributed by atoms with Crippen LogP contribution in [-0.2, 0) is 7.05 Å². The molecule has 0 saturated carbocycles. The van der Waals surface area contributed by atoms with Crippen LogP contribution in [0.1, 0.15) is 18.2 Å². The van der Waals surface area contributed by atoms with Gasteiger partial charge in [0.1, 0.15) is 18.0 Å². The van der Waals surface area contributed by atoms with Crippen LogP contribution in [0.5, 0.6) is 5.88 Å². The molecule has 0 aromatic carbocycles. The Morgan fingerprint density at radius 3 is 2.86 bits per heavy atom. The fraction of sp³-hybridized carbons (Fsp3) is 0.190. The number of allylic oxidation sites excluding steroid dienone is 4. The van der Waals surface area contributed by atoms with Gasteiger partial charge in [0.15, 0.2) is 0 Å². The molecule has 0 radical (unpaired) electrons. The number of aromatic amines is 1. The number of furan rings is 1. The predicted octanol–water partition coefficient (Wildman–Crippen LogP) is 3.42. The third-order valence-corrected chi connectivity index (χ3v) is 4.61. The highest BCUT2D eigenvalue weighted by atomic mass is 19.1. The molecule has 3 heterocycles. The van der Waals surface area contributed by atoms with Crippen LogP contribution in [0.2, 0.25) is 0 Å². The molecule has 7 nitrogen and oxygen atoms in total. The van der Waals surface area contributed by atoms with Gasteiger partial charge in [-0.2, -0.15) is 0 Å². The molecule has 0 bridgehead atoms. The minimum absolute atomic E-state index is 0.239. The standard InChI is InChI=1S/C21H20FN3O4/c1-5-15(29-20-16-7-9-28-17(16)6-8-23-20)10-14(11-22)12(2)18-13(3)19(26)24-21(27)25(18)4/h5-10H,1,11H2,2-4H3,(H,24,26,27)/b14-12-,15-10+. The number of aromatic nitrogens is 3. The molecular weight excluding hydrogens is 377 g/mol. The number of nitrogens with zero attached hydrogens (tertiary/aromatic N) is 2. The van der Waals surface area contributed by atoms with Crippen LogP contribution in [0.25, 0.3) is 16.5 Å². The normalized spacial score (nSPS) is 12.8. The van der Waals surface area contributed by atoms with Gasteiger partial charge < -0.3 is 9.15 Å². The first-order valence-electron chi connectivity index (χ1n) is 8.77. The summed E-state index contributed by atoms with van der Waals surface area (Å²) in [6, 6.07) is 3.41. The van der Waals surface area contributed by atoms with E-state index in [0.29, 0.717) is 27.8 Å². The van der Waals surface area contributed by atoms with Gasteiger partial charge >= 0.3 is 5.69 Å². The second-order valence-electron chi connectivity index (χ2n) is 6.38. The Balaban J connectivity index is 2.10. The van der Waals surface area contributed by atoms with Crippen LogP contribution in [0, 0.1) is 6.92 Å². The number of pyridine rings is 1. The number of ether oxygens (including phenoxy) is 1. The molecule has 3 aromatic heterocycles. The highest BCUT2D eigenvalue weighted by Crippen LogP contribution is 2.27. The van der Waals surface area contributed by atoms with Gasteiger partial charge in [0.2, 0.25) is 5.88 Å². The zero-order valence-electron chi connectivity index (χ0n) is 16.3. The quantitative estimate of drug-likeness (QED) is 0.508. The van der Waals surface area contributed by atoms with Crippen molar-refractivity contribution in [2.75, 3.05) is 6.67 Å². The summed E-state index contributed by atoms with van der Waals surface area (Å²) < 4.78 is 26.3. The van der Waals surface area contributed by atoms with E-state index in [2.05, 4.69) is 16.5 Å². The Morgan fingerprint density at radius 2 is 2.17 bits per heavy atom. The Bertz CT molecular complexity index is 1230. The van der Waals surface area contributed by atoms with Crippen LogP contribution in [-0.4, -0.2) is 21.2 Å². The molecule has 150 valence electrons. The summed E-state index contributed by atoms with van der Waals surface area (Å²) in [4.78, 5) is 30.4. The van der Waals surface area contributed by atoms with Crippen molar-refractivity contribution >= 4 is 16.5 Å². The van der Waals surface area contributed by atoms with E-state index >= 15 is 0 Å². The molecule has 0 aliphatic carbocycles. The van der Waals surface area contributed by atoms with E-state index in [9.17, 15) is 14.0 Å². The van der Waals surface area contributed by atoms with Crippen LogP contribution in [0.15, 0.2) is 68.7 Å². The van der Waals surface area contributed by atoms with Gasteiger partial charge in [-0.25, -0.2) is 14.2 Å². The lowest BCUT2D eigenvalue weighted by molar-refractivity contribution is 0.430. The van der Waals surface area contributed by atoms with Crippen molar-refractivity contribution in [2.45, 2.75) is 13.8 Å². The minimum Gasteiger partial charge on any atom is -0.464 e. The van der Waals surface area contributed by atoms with Crippen LogP contribution < -0.4 is 16.0 Å². The van der Waals surface area contributed by atoms with Crippen molar-refractivity contribution in [3.05, 3.63) is 86.8 Å². The van der Waals surface area contributed by atoms with E-state index < -0.39 is 17.9 Å². The minimum atomic E-state index is -0.837. The summed E-state index contributed by atoms with van der Waals surface area (Å²) in [6.07, 6.45) is 5.94. The van der Waals surface area contributed by atoms with E-state index in [1.807, 2.05) is 0 Å². The molecule has 29 heavy (non-hydrogen) atoms. The van der Waals surface area contributed by atoms with Gasteiger partial charge in [0.05, 0.1) is 17.3 Å². The summed E-state index contributed by atoms with van der Waals surface area (Å²) in [5.74, 6) is 0.545. The molecule has 3 aromatic rings. The molecule has 0 atom stereocenters. The van der Waals surface area contributed by atoms with Crippen molar-refractivity contribution in [3.8, 4) is 5.88 Å². The predicted molar refractivity (Wildman–Crippen MR) is 109 cm³/mol. The molecule has 8 heteroatoms. The number of halogens is 1. The third kappa shape index (κ3) is 3.82. The number of fused-ring (bicyclic) bond motifs is 1. The van der Waals surface area contributed by atoms with Gasteiger partial charge in [0, 0.05) is 18.8 Å². The molecule has 0 spiro atoms. The molecule has 3 rings (SSSR count). The Labute approximate surface area is 165 Å². The van der Waals surface area contributed by atoms with Gasteiger partial charge in [0.25, 0.3) is 5.56 Å². The second kappa shape index (κ2) is 8.14. The zero-order valence-corrected chi connectivity index (χ0v) is 16.3. The SMILES string of the molecule is C=C/C(=C\C(CF)=C(/C)c1c(C)c(=O)[nH]c(=O)n1C)Oc1nccc2occc12. The first kappa shape index (κ1) is 20.1. The molecule has 0 aliphatic rings. The maximum absolute atomic E-state index is 13.9. The maximum Gasteiger partial charge on any atom is 0.328 e. The number of nitrogens with one attached hydrogen (secondary N) is 1. The average Bonchev–Trinajstić information content (AvgIpc) is 3.19. The lowest BCUT2D eigenvalue weighted by Gasteiger charge is -2.14. The Morgan fingerprint density at radius 1 is 1.41 bits per heavy atom. The van der Waals surface area contributed by atoms with Gasteiger partial charge in [-0.1, -0.05) is 6.58 Å².